The van der Waals surface area contributed by atoms with Gasteiger partial charge in [-0.25, -0.2) is 4.98 Å². The fourth-order valence-corrected chi connectivity index (χ4v) is 1.44. The molecule has 0 bridgehead atoms. The second kappa shape index (κ2) is 3.58. The minimum Gasteiger partial charge on any atom is -0.267 e. The number of benzene rings is 1. The molecule has 0 fully saturated rings. The summed E-state index contributed by atoms with van der Waals surface area (Å²) in [7, 11) is 0. The van der Waals surface area contributed by atoms with Gasteiger partial charge in [0.2, 0.25) is 0 Å². The first-order valence-corrected chi connectivity index (χ1v) is 4.70. The predicted molar refractivity (Wildman–Crippen MR) is 57.4 cm³/mol. The number of hydrogen-bond acceptors (Lipinski definition) is 2. The maximum atomic E-state index is 11.6. The average molecular weight is 185 g/mol. The number of rotatable bonds is 1. The molecule has 0 amide bonds. The Kier molecular flexibility index (Phi) is 2.27. The number of para-hydroxylation sites is 1. The van der Waals surface area contributed by atoms with Crippen LogP contribution in [-0.4, -0.2) is 4.98 Å². The lowest BCUT2D eigenvalue weighted by molar-refractivity contribution is 1.09. The minimum atomic E-state index is -0.117. The molecule has 0 atom stereocenters. The lowest BCUT2D eigenvalue weighted by atomic mass is 10.2. The number of aromatic nitrogens is 1. The monoisotopic (exact) mass is 185 g/mol. The topological polar surface area (TPSA) is 30.0 Å². The Labute approximate surface area is 82.2 Å². The van der Waals surface area contributed by atoms with Crippen molar-refractivity contribution in [1.29, 1.82) is 0 Å². The highest BCUT2D eigenvalue weighted by Crippen LogP contribution is 2.07. The van der Waals surface area contributed by atoms with E-state index in [-0.39, 0.29) is 5.56 Å². The molecule has 0 N–H and O–H groups in total. The molecule has 2 rings (SSSR count). The third kappa shape index (κ3) is 1.51. The van der Waals surface area contributed by atoms with Crippen molar-refractivity contribution in [2.24, 2.45) is 0 Å². The van der Waals surface area contributed by atoms with Gasteiger partial charge in [0.1, 0.15) is 0 Å². The molecule has 14 heavy (non-hydrogen) atoms. The molecule has 0 spiro atoms. The maximum Gasteiger partial charge on any atom is 0.273 e. The molecule has 1 aromatic carbocycles. The standard InChI is InChI=1S/C12H11NO/c1-2-9-7-8-10-5-3-4-6-11(10)13-12(9)14/h3-8H,2H2,1H3. The molecule has 2 aromatic rings. The highest BCUT2D eigenvalue weighted by atomic mass is 16.1. The van der Waals surface area contributed by atoms with Gasteiger partial charge in [-0.05, 0) is 12.5 Å². The van der Waals surface area contributed by atoms with Gasteiger partial charge in [0, 0.05) is 10.9 Å². The molecule has 70 valence electrons. The van der Waals surface area contributed by atoms with E-state index in [4.69, 9.17) is 0 Å². The van der Waals surface area contributed by atoms with E-state index in [1.54, 1.807) is 0 Å². The average Bonchev–Trinajstić information content (AvgIpc) is 2.36. The van der Waals surface area contributed by atoms with E-state index < -0.39 is 0 Å². The van der Waals surface area contributed by atoms with E-state index >= 15 is 0 Å². The van der Waals surface area contributed by atoms with Crippen LogP contribution in [0.5, 0.6) is 0 Å². The van der Waals surface area contributed by atoms with Crippen molar-refractivity contribution in [3.8, 4) is 0 Å². The lowest BCUT2D eigenvalue weighted by Crippen LogP contribution is -2.07. The van der Waals surface area contributed by atoms with Gasteiger partial charge >= 0.3 is 0 Å². The second-order valence-electron chi connectivity index (χ2n) is 3.19. The molecular formula is C12H11NO. The zero-order chi connectivity index (χ0) is 9.97. The van der Waals surface area contributed by atoms with Crippen LogP contribution in [0.4, 0.5) is 0 Å². The maximum absolute atomic E-state index is 11.6. The van der Waals surface area contributed by atoms with Gasteiger partial charge in [-0.2, -0.15) is 0 Å². The molecule has 0 saturated carbocycles. The summed E-state index contributed by atoms with van der Waals surface area (Å²) in [5.74, 6) is 0. The molecule has 1 heterocycles. The van der Waals surface area contributed by atoms with Crippen LogP contribution in [0.25, 0.3) is 10.9 Å². The summed E-state index contributed by atoms with van der Waals surface area (Å²) in [4.78, 5) is 15.6. The first-order valence-electron chi connectivity index (χ1n) is 4.70. The van der Waals surface area contributed by atoms with Gasteiger partial charge in [0.25, 0.3) is 5.56 Å². The molecule has 0 saturated heterocycles. The summed E-state index contributed by atoms with van der Waals surface area (Å²) in [5.41, 5.74) is 1.41. The molecular weight excluding hydrogens is 174 g/mol. The molecule has 0 aliphatic carbocycles. The van der Waals surface area contributed by atoms with Crippen LogP contribution >= 0.6 is 0 Å². The Hall–Kier alpha value is -1.70. The van der Waals surface area contributed by atoms with Gasteiger partial charge < -0.3 is 0 Å². The number of aryl methyl sites for hydroxylation is 1. The minimum absolute atomic E-state index is 0.117. The van der Waals surface area contributed by atoms with Gasteiger partial charge in [-0.3, -0.25) is 4.79 Å². The van der Waals surface area contributed by atoms with Crippen molar-refractivity contribution in [2.75, 3.05) is 0 Å². The Bertz CT molecular complexity index is 520. The number of fused-ring (bicyclic) bond motifs is 1. The Morgan fingerprint density at radius 3 is 2.71 bits per heavy atom. The summed E-state index contributed by atoms with van der Waals surface area (Å²) in [6.07, 6.45) is 0.729. The van der Waals surface area contributed by atoms with E-state index in [0.29, 0.717) is 0 Å². The summed E-state index contributed by atoms with van der Waals surface area (Å²) < 4.78 is 0. The van der Waals surface area contributed by atoms with Gasteiger partial charge in [0.15, 0.2) is 0 Å². The van der Waals surface area contributed by atoms with Crippen molar-refractivity contribution < 1.29 is 0 Å². The van der Waals surface area contributed by atoms with E-state index in [9.17, 15) is 4.79 Å². The van der Waals surface area contributed by atoms with Crippen molar-refractivity contribution in [3.63, 3.8) is 0 Å². The largest absolute Gasteiger partial charge is 0.273 e. The molecule has 2 heteroatoms. The molecule has 0 radical (unpaired) electrons. The number of hydrogen-bond donors (Lipinski definition) is 0. The highest BCUT2D eigenvalue weighted by Gasteiger charge is 1.97. The Balaban J connectivity index is 2.86. The smallest absolute Gasteiger partial charge is 0.267 e. The van der Waals surface area contributed by atoms with Crippen LogP contribution < -0.4 is 5.56 Å². The summed E-state index contributed by atoms with van der Waals surface area (Å²) in [6.45, 7) is 1.96. The molecule has 0 aliphatic rings. The fraction of sp³-hybridized carbons (Fsp3) is 0.167. The van der Waals surface area contributed by atoms with E-state index in [2.05, 4.69) is 4.98 Å². The van der Waals surface area contributed by atoms with Crippen molar-refractivity contribution in [1.82, 2.24) is 4.98 Å². The first-order chi connectivity index (χ1) is 6.81. The van der Waals surface area contributed by atoms with Crippen LogP contribution in [0.2, 0.25) is 0 Å². The van der Waals surface area contributed by atoms with E-state index in [0.717, 1.165) is 22.9 Å². The zero-order valence-corrected chi connectivity index (χ0v) is 8.03. The lowest BCUT2D eigenvalue weighted by Gasteiger charge is -1.86. The highest BCUT2D eigenvalue weighted by molar-refractivity contribution is 5.77. The van der Waals surface area contributed by atoms with Crippen LogP contribution in [-0.2, 0) is 6.42 Å². The van der Waals surface area contributed by atoms with E-state index in [1.165, 1.54) is 0 Å². The SMILES string of the molecule is CCc1ccc2ccccc2nc1=O. The third-order valence-electron chi connectivity index (χ3n) is 2.28. The Morgan fingerprint density at radius 2 is 1.93 bits per heavy atom. The van der Waals surface area contributed by atoms with Crippen molar-refractivity contribution in [3.05, 3.63) is 52.3 Å². The van der Waals surface area contributed by atoms with Gasteiger partial charge in [0.05, 0.1) is 5.52 Å². The molecule has 1 aromatic heterocycles. The van der Waals surface area contributed by atoms with Crippen molar-refractivity contribution in [2.45, 2.75) is 13.3 Å². The fourth-order valence-electron chi connectivity index (χ4n) is 1.44. The second-order valence-corrected chi connectivity index (χ2v) is 3.19. The predicted octanol–water partition coefficient (Wildman–Crippen LogP) is 2.16. The van der Waals surface area contributed by atoms with Crippen LogP contribution in [0.15, 0.2) is 41.2 Å². The van der Waals surface area contributed by atoms with Crippen LogP contribution in [0, 0.1) is 0 Å². The summed E-state index contributed by atoms with van der Waals surface area (Å²) in [6, 6.07) is 11.5. The first kappa shape index (κ1) is 8.88. The Morgan fingerprint density at radius 1 is 1.14 bits per heavy atom. The molecule has 0 unspecified atom stereocenters. The molecule has 2 nitrogen and oxygen atoms in total. The van der Waals surface area contributed by atoms with Gasteiger partial charge in [-0.15, -0.1) is 0 Å². The van der Waals surface area contributed by atoms with E-state index in [1.807, 2.05) is 43.3 Å². The van der Waals surface area contributed by atoms with Crippen molar-refractivity contribution >= 4 is 10.9 Å². The quantitative estimate of drug-likeness (QED) is 0.681. The zero-order valence-electron chi connectivity index (χ0n) is 8.03. The summed E-state index contributed by atoms with van der Waals surface area (Å²) in [5, 5.41) is 1.00. The normalized spacial score (nSPS) is 10.4. The van der Waals surface area contributed by atoms with Crippen LogP contribution in [0.3, 0.4) is 0 Å². The summed E-state index contributed by atoms with van der Waals surface area (Å²) >= 11 is 0. The third-order valence-corrected chi connectivity index (χ3v) is 2.28. The van der Waals surface area contributed by atoms with Gasteiger partial charge in [-0.1, -0.05) is 37.3 Å². The van der Waals surface area contributed by atoms with Crippen LogP contribution in [0.1, 0.15) is 12.5 Å². The molecule has 0 aliphatic heterocycles. The number of nitrogens with zero attached hydrogens (tertiary/aromatic N) is 1.